The van der Waals surface area contributed by atoms with Gasteiger partial charge >= 0.3 is 7.80 Å². The van der Waals surface area contributed by atoms with Gasteiger partial charge in [0.1, 0.15) is 12.2 Å². The Morgan fingerprint density at radius 3 is 2.50 bits per heavy atom. The fraction of sp³-hybridized carbons (Fsp3) is 1.00. The van der Waals surface area contributed by atoms with Crippen LogP contribution in [0.5, 0.6) is 0 Å². The summed E-state index contributed by atoms with van der Waals surface area (Å²) in [6.45, 7) is 0. The lowest BCUT2D eigenvalue weighted by Crippen LogP contribution is -2.49. The van der Waals surface area contributed by atoms with E-state index in [0.717, 1.165) is 0 Å². The molecule has 0 aromatic rings. The molecule has 5 nitrogen and oxygen atoms in total. The monoisotopic (exact) mass is 195 g/mol. The zero-order valence-electron chi connectivity index (χ0n) is 6.62. The first-order valence-corrected chi connectivity index (χ1v) is 5.10. The van der Waals surface area contributed by atoms with Gasteiger partial charge in [0.25, 0.3) is 5.85 Å². The number of rotatable bonds is 1. The molecule has 0 saturated carbocycles. The summed E-state index contributed by atoms with van der Waals surface area (Å²) in [4.78, 5) is 0. The predicted molar refractivity (Wildman–Crippen MR) is 41.3 cm³/mol. The molecule has 0 aromatic heterocycles. The smallest absolute Gasteiger partial charge is 0.375 e. The van der Waals surface area contributed by atoms with Crippen molar-refractivity contribution in [2.24, 2.45) is 0 Å². The summed E-state index contributed by atoms with van der Waals surface area (Å²) in [5, 5.41) is 27.6. The maximum absolute atomic E-state index is 11.0. The highest BCUT2D eigenvalue weighted by Gasteiger charge is 2.50. The molecule has 1 saturated heterocycles. The van der Waals surface area contributed by atoms with Crippen LogP contribution in [-0.2, 0) is 9.30 Å². The van der Waals surface area contributed by atoms with Gasteiger partial charge in [0.2, 0.25) is 0 Å². The van der Waals surface area contributed by atoms with Gasteiger partial charge in [0.15, 0.2) is 12.3 Å². The van der Waals surface area contributed by atoms with Crippen LogP contribution >= 0.6 is 7.80 Å². The van der Waals surface area contributed by atoms with E-state index < -0.39 is 32.0 Å². The van der Waals surface area contributed by atoms with Gasteiger partial charge in [-0.1, -0.05) is 4.57 Å². The van der Waals surface area contributed by atoms with Crippen molar-refractivity contribution in [1.29, 1.82) is 0 Å². The van der Waals surface area contributed by atoms with E-state index in [1.54, 1.807) is 0 Å². The van der Waals surface area contributed by atoms with E-state index >= 15 is 0 Å². The van der Waals surface area contributed by atoms with Crippen LogP contribution in [0.4, 0.5) is 0 Å². The van der Waals surface area contributed by atoms with E-state index in [4.69, 9.17) is 9.84 Å². The third-order valence-corrected chi connectivity index (χ3v) is 3.59. The van der Waals surface area contributed by atoms with E-state index in [-0.39, 0.29) is 6.16 Å². The molecule has 0 spiro atoms. The molecule has 6 heteroatoms. The fourth-order valence-electron chi connectivity index (χ4n) is 1.26. The highest BCUT2D eigenvalue weighted by molar-refractivity contribution is 7.45. The standard InChI is InChI=1S/C6H12O5P/c1-11-5-3(7)2-12(10)6(9)4(5)8/h3-9H,2H2,1H3/q+1/t3-,4-,5+,6?/m1/s1. The van der Waals surface area contributed by atoms with Gasteiger partial charge in [0.05, 0.1) is 0 Å². The molecule has 1 fully saturated rings. The van der Waals surface area contributed by atoms with Crippen molar-refractivity contribution in [1.82, 2.24) is 0 Å². The van der Waals surface area contributed by atoms with Crippen molar-refractivity contribution in [3.05, 3.63) is 0 Å². The topological polar surface area (TPSA) is 87.0 Å². The molecule has 0 aliphatic carbocycles. The van der Waals surface area contributed by atoms with Crippen LogP contribution < -0.4 is 0 Å². The van der Waals surface area contributed by atoms with E-state index in [2.05, 4.69) is 0 Å². The maximum atomic E-state index is 11.0. The van der Waals surface area contributed by atoms with Crippen molar-refractivity contribution in [2.45, 2.75) is 24.2 Å². The molecule has 3 N–H and O–H groups in total. The summed E-state index contributed by atoms with van der Waals surface area (Å²) in [5.74, 6) is -1.28. The van der Waals surface area contributed by atoms with Crippen molar-refractivity contribution < 1.29 is 24.6 Å². The first kappa shape index (κ1) is 10.0. The molecule has 1 heterocycles. The average Bonchev–Trinajstić information content (AvgIpc) is 2.01. The van der Waals surface area contributed by atoms with Crippen LogP contribution in [0.1, 0.15) is 0 Å². The first-order valence-electron chi connectivity index (χ1n) is 3.58. The molecular weight excluding hydrogens is 183 g/mol. The Kier molecular flexibility index (Phi) is 3.15. The molecule has 12 heavy (non-hydrogen) atoms. The molecule has 0 bridgehead atoms. The Labute approximate surface area is 70.8 Å². The van der Waals surface area contributed by atoms with Crippen molar-refractivity contribution in [3.63, 3.8) is 0 Å². The van der Waals surface area contributed by atoms with Crippen molar-refractivity contribution >= 4 is 7.80 Å². The van der Waals surface area contributed by atoms with Gasteiger partial charge in [-0.15, -0.1) is 0 Å². The number of methoxy groups -OCH3 is 1. The van der Waals surface area contributed by atoms with Gasteiger partial charge in [0, 0.05) is 7.11 Å². The van der Waals surface area contributed by atoms with E-state index in [0.29, 0.717) is 0 Å². The minimum Gasteiger partial charge on any atom is -0.386 e. The van der Waals surface area contributed by atoms with Crippen LogP contribution in [0.15, 0.2) is 0 Å². The summed E-state index contributed by atoms with van der Waals surface area (Å²) in [7, 11) is -0.617. The van der Waals surface area contributed by atoms with E-state index in [1.807, 2.05) is 0 Å². The second-order valence-corrected chi connectivity index (χ2v) is 4.50. The first-order chi connectivity index (χ1) is 5.57. The number of aliphatic hydroxyl groups is 3. The van der Waals surface area contributed by atoms with Crippen LogP contribution in [0.25, 0.3) is 0 Å². The Morgan fingerprint density at radius 1 is 1.42 bits per heavy atom. The largest absolute Gasteiger partial charge is 0.386 e. The van der Waals surface area contributed by atoms with Gasteiger partial charge in [-0.3, -0.25) is 0 Å². The number of hydrogen-bond donors (Lipinski definition) is 3. The van der Waals surface area contributed by atoms with E-state index in [1.165, 1.54) is 7.11 Å². The molecule has 1 rings (SSSR count). The van der Waals surface area contributed by atoms with Crippen LogP contribution in [0.3, 0.4) is 0 Å². The Morgan fingerprint density at radius 2 is 2.00 bits per heavy atom. The quantitative estimate of drug-likeness (QED) is 0.461. The van der Waals surface area contributed by atoms with Gasteiger partial charge in [-0.05, 0) is 0 Å². The highest BCUT2D eigenvalue weighted by atomic mass is 31.1. The van der Waals surface area contributed by atoms with Crippen molar-refractivity contribution in [2.75, 3.05) is 13.3 Å². The van der Waals surface area contributed by atoms with Crippen LogP contribution in [-0.4, -0.2) is 52.7 Å². The summed E-state index contributed by atoms with van der Waals surface area (Å²) >= 11 is 0. The maximum Gasteiger partial charge on any atom is 0.375 e. The molecular formula is C6H12O5P+. The molecule has 5 atom stereocenters. The number of ether oxygens (including phenoxy) is 1. The van der Waals surface area contributed by atoms with Crippen LogP contribution in [0.2, 0.25) is 0 Å². The zero-order chi connectivity index (χ0) is 9.30. The van der Waals surface area contributed by atoms with E-state index in [9.17, 15) is 14.8 Å². The minimum absolute atomic E-state index is 0.0218. The SMILES string of the molecule is CO[C@H]1[C@H](O)C[P+](=O)C(O)[C@@H]1O. The summed E-state index contributed by atoms with van der Waals surface area (Å²) in [6, 6.07) is 0. The van der Waals surface area contributed by atoms with Crippen LogP contribution in [0, 0.1) is 0 Å². The summed E-state index contributed by atoms with van der Waals surface area (Å²) in [5.41, 5.74) is 0. The normalized spacial score (nSPS) is 46.2. The third kappa shape index (κ3) is 1.65. The fourth-order valence-corrected chi connectivity index (χ4v) is 2.56. The van der Waals surface area contributed by atoms with Gasteiger partial charge < -0.3 is 20.1 Å². The summed E-state index contributed by atoms with van der Waals surface area (Å²) in [6.07, 6.45) is -3.08. The lowest BCUT2D eigenvalue weighted by Gasteiger charge is -2.27. The second-order valence-electron chi connectivity index (χ2n) is 2.77. The third-order valence-electron chi connectivity index (χ3n) is 1.96. The molecule has 1 aliphatic rings. The number of aliphatic hydroxyl groups excluding tert-OH is 3. The molecule has 2 unspecified atom stereocenters. The molecule has 0 amide bonds. The number of hydrogen-bond acceptors (Lipinski definition) is 5. The Balaban J connectivity index is 2.72. The summed E-state index contributed by atoms with van der Waals surface area (Å²) < 4.78 is 15.7. The van der Waals surface area contributed by atoms with Gasteiger partial charge in [-0.25, -0.2) is 0 Å². The minimum atomic E-state index is -1.94. The molecule has 1 aliphatic heterocycles. The Hall–Kier alpha value is -0.0600. The molecule has 0 aromatic carbocycles. The second kappa shape index (κ2) is 3.77. The van der Waals surface area contributed by atoms with Crippen molar-refractivity contribution in [3.8, 4) is 0 Å². The molecule has 0 radical (unpaired) electrons. The Bertz CT molecular complexity index is 185. The average molecular weight is 195 g/mol. The highest BCUT2D eigenvalue weighted by Crippen LogP contribution is 2.37. The lowest BCUT2D eigenvalue weighted by atomic mass is 10.1. The zero-order valence-corrected chi connectivity index (χ0v) is 7.52. The molecule has 70 valence electrons. The lowest BCUT2D eigenvalue weighted by molar-refractivity contribution is -0.105. The predicted octanol–water partition coefficient (Wildman–Crippen LogP) is -1.12. The van der Waals surface area contributed by atoms with Gasteiger partial charge in [-0.2, -0.15) is 0 Å².